The molecule has 1 aromatic heterocycles. The fourth-order valence-corrected chi connectivity index (χ4v) is 2.51. The van der Waals surface area contributed by atoms with Gasteiger partial charge in [0.15, 0.2) is 5.16 Å². The van der Waals surface area contributed by atoms with Crippen molar-refractivity contribution in [2.24, 2.45) is 7.05 Å². The number of nitrogens with one attached hydrogen (secondary N) is 1. The average molecular weight is 319 g/mol. The molecule has 0 spiro atoms. The second-order valence-corrected chi connectivity index (χ2v) is 5.58. The van der Waals surface area contributed by atoms with Crippen LogP contribution in [0.2, 0.25) is 0 Å². The van der Waals surface area contributed by atoms with Crippen LogP contribution < -0.4 is 10.4 Å². The highest BCUT2D eigenvalue weighted by Gasteiger charge is 2.15. The quantitative estimate of drug-likeness (QED) is 0.683. The summed E-state index contributed by atoms with van der Waals surface area (Å²) in [5.74, 6) is -1.63. The Bertz CT molecular complexity index is 645. The summed E-state index contributed by atoms with van der Waals surface area (Å²) in [6, 6.07) is 8.01. The van der Waals surface area contributed by atoms with Crippen LogP contribution in [0, 0.1) is 0 Å². The smallest absolute Gasteiger partial charge is 0.231 e. The minimum absolute atomic E-state index is 0.0606. The van der Waals surface area contributed by atoms with Gasteiger partial charge in [0, 0.05) is 7.05 Å². The van der Waals surface area contributed by atoms with Crippen LogP contribution >= 0.6 is 11.8 Å². The standard InChI is InChI=1S/C14H16N4O3S/c1-18-9-15-17-14(18)22-8-12(19)16-11(13(20)21)7-10-5-3-2-4-6-10/h2-6,9,11H,7-8H2,1H3,(H,16,19)(H,20,21)/p-1/t11-/m0/s1. The molecule has 0 bridgehead atoms. The Morgan fingerprint density at radius 1 is 1.36 bits per heavy atom. The SMILES string of the molecule is Cn1cnnc1SCC(=O)N[C@@H](Cc1ccccc1)C(=O)[O-]. The normalized spacial score (nSPS) is 11.9. The number of aryl methyl sites for hydroxylation is 1. The maximum Gasteiger partial charge on any atom is 0.231 e. The van der Waals surface area contributed by atoms with E-state index in [-0.39, 0.29) is 12.2 Å². The van der Waals surface area contributed by atoms with Crippen molar-refractivity contribution in [1.29, 1.82) is 0 Å². The van der Waals surface area contributed by atoms with E-state index >= 15 is 0 Å². The Morgan fingerprint density at radius 3 is 2.68 bits per heavy atom. The molecule has 1 aromatic carbocycles. The molecular formula is C14H15N4O3S-. The third-order valence-electron chi connectivity index (χ3n) is 2.90. The highest BCUT2D eigenvalue weighted by molar-refractivity contribution is 7.99. The van der Waals surface area contributed by atoms with Crippen molar-refractivity contribution in [3.63, 3.8) is 0 Å². The van der Waals surface area contributed by atoms with Gasteiger partial charge in [-0.1, -0.05) is 42.1 Å². The molecule has 7 nitrogen and oxygen atoms in total. The number of aromatic nitrogens is 3. The van der Waals surface area contributed by atoms with E-state index in [1.54, 1.807) is 23.7 Å². The van der Waals surface area contributed by atoms with Crippen molar-refractivity contribution >= 4 is 23.6 Å². The van der Waals surface area contributed by atoms with Crippen molar-refractivity contribution in [2.45, 2.75) is 17.6 Å². The van der Waals surface area contributed by atoms with Crippen LogP contribution in [0.4, 0.5) is 0 Å². The van der Waals surface area contributed by atoms with Gasteiger partial charge in [-0.2, -0.15) is 0 Å². The van der Waals surface area contributed by atoms with E-state index in [1.807, 2.05) is 18.2 Å². The molecule has 8 heteroatoms. The molecule has 1 heterocycles. The third-order valence-corrected chi connectivity index (χ3v) is 3.94. The van der Waals surface area contributed by atoms with Crippen molar-refractivity contribution < 1.29 is 14.7 Å². The average Bonchev–Trinajstić information content (AvgIpc) is 2.91. The number of benzene rings is 1. The zero-order chi connectivity index (χ0) is 15.9. The number of carbonyl (C=O) groups is 2. The molecule has 1 amide bonds. The lowest BCUT2D eigenvalue weighted by atomic mass is 10.1. The number of carboxylic acid groups (broad SMARTS) is 1. The van der Waals surface area contributed by atoms with Gasteiger partial charge in [0.1, 0.15) is 6.33 Å². The Morgan fingerprint density at radius 2 is 2.09 bits per heavy atom. The Balaban J connectivity index is 1.89. The molecule has 0 unspecified atom stereocenters. The first kappa shape index (κ1) is 16.0. The fraction of sp³-hybridized carbons (Fsp3) is 0.286. The minimum atomic E-state index is -1.30. The summed E-state index contributed by atoms with van der Waals surface area (Å²) in [7, 11) is 1.76. The van der Waals surface area contributed by atoms with Gasteiger partial charge in [-0.05, 0) is 12.0 Å². The van der Waals surface area contributed by atoms with E-state index in [0.717, 1.165) is 5.56 Å². The van der Waals surface area contributed by atoms with Crippen molar-refractivity contribution in [3.8, 4) is 0 Å². The number of hydrogen-bond acceptors (Lipinski definition) is 6. The topological polar surface area (TPSA) is 99.9 Å². The van der Waals surface area contributed by atoms with Crippen LogP contribution in [-0.2, 0) is 23.1 Å². The van der Waals surface area contributed by atoms with Gasteiger partial charge in [-0.15, -0.1) is 10.2 Å². The number of amides is 1. The molecule has 0 fully saturated rings. The van der Waals surface area contributed by atoms with Crippen molar-refractivity contribution in [1.82, 2.24) is 20.1 Å². The lowest BCUT2D eigenvalue weighted by molar-refractivity contribution is -0.308. The fourth-order valence-electron chi connectivity index (χ4n) is 1.81. The molecule has 1 atom stereocenters. The molecule has 0 aliphatic carbocycles. The maximum atomic E-state index is 11.9. The van der Waals surface area contributed by atoms with Crippen LogP contribution in [0.15, 0.2) is 41.8 Å². The zero-order valence-electron chi connectivity index (χ0n) is 11.9. The monoisotopic (exact) mass is 319 g/mol. The lowest BCUT2D eigenvalue weighted by Gasteiger charge is -2.19. The molecule has 0 radical (unpaired) electrons. The van der Waals surface area contributed by atoms with Crippen LogP contribution in [0.3, 0.4) is 0 Å². The third kappa shape index (κ3) is 4.59. The largest absolute Gasteiger partial charge is 0.548 e. The minimum Gasteiger partial charge on any atom is -0.548 e. The number of carboxylic acids is 1. The zero-order valence-corrected chi connectivity index (χ0v) is 12.7. The Hall–Kier alpha value is -2.35. The predicted molar refractivity (Wildman–Crippen MR) is 78.8 cm³/mol. The summed E-state index contributed by atoms with van der Waals surface area (Å²) >= 11 is 1.19. The molecule has 0 saturated heterocycles. The second kappa shape index (κ2) is 7.60. The summed E-state index contributed by atoms with van der Waals surface area (Å²) in [5, 5.41) is 21.8. The number of carbonyl (C=O) groups excluding carboxylic acids is 2. The molecule has 2 aromatic rings. The number of nitrogens with zero attached hydrogens (tertiary/aromatic N) is 3. The molecule has 0 aliphatic heterocycles. The Kier molecular flexibility index (Phi) is 5.54. The molecular weight excluding hydrogens is 304 g/mol. The van der Waals surface area contributed by atoms with Crippen LogP contribution in [0.1, 0.15) is 5.56 Å². The molecule has 1 N–H and O–H groups in total. The summed E-state index contributed by atoms with van der Waals surface area (Å²) < 4.78 is 1.68. The van der Waals surface area contributed by atoms with E-state index in [1.165, 1.54) is 18.1 Å². The first-order valence-corrected chi connectivity index (χ1v) is 7.55. The van der Waals surface area contributed by atoms with Gasteiger partial charge in [0.05, 0.1) is 17.8 Å². The van der Waals surface area contributed by atoms with E-state index in [4.69, 9.17) is 0 Å². The number of aliphatic carboxylic acids is 1. The van der Waals surface area contributed by atoms with Gasteiger partial charge in [0.2, 0.25) is 5.91 Å². The first-order valence-electron chi connectivity index (χ1n) is 6.57. The van der Waals surface area contributed by atoms with E-state index < -0.39 is 17.9 Å². The number of thioether (sulfide) groups is 1. The summed E-state index contributed by atoms with van der Waals surface area (Å²) in [6.45, 7) is 0. The van der Waals surface area contributed by atoms with E-state index in [2.05, 4.69) is 15.5 Å². The van der Waals surface area contributed by atoms with Crippen molar-refractivity contribution in [2.75, 3.05) is 5.75 Å². The molecule has 0 saturated carbocycles. The second-order valence-electron chi connectivity index (χ2n) is 4.64. The first-order chi connectivity index (χ1) is 10.6. The van der Waals surface area contributed by atoms with Crippen molar-refractivity contribution in [3.05, 3.63) is 42.2 Å². The Labute approximate surface area is 131 Å². The summed E-state index contributed by atoms with van der Waals surface area (Å²) in [5.41, 5.74) is 0.818. The van der Waals surface area contributed by atoms with Gasteiger partial charge in [0.25, 0.3) is 0 Å². The summed E-state index contributed by atoms with van der Waals surface area (Å²) in [4.78, 5) is 23.0. The molecule has 116 valence electrons. The summed E-state index contributed by atoms with van der Waals surface area (Å²) in [6.07, 6.45) is 1.71. The molecule has 22 heavy (non-hydrogen) atoms. The maximum absolute atomic E-state index is 11.9. The van der Waals surface area contributed by atoms with Crippen LogP contribution in [-0.4, -0.2) is 38.4 Å². The lowest BCUT2D eigenvalue weighted by Crippen LogP contribution is -2.49. The van der Waals surface area contributed by atoms with Crippen LogP contribution in [0.25, 0.3) is 0 Å². The van der Waals surface area contributed by atoms with E-state index in [0.29, 0.717) is 5.16 Å². The number of hydrogen-bond donors (Lipinski definition) is 1. The number of rotatable bonds is 7. The predicted octanol–water partition coefficient (Wildman–Crippen LogP) is -0.615. The van der Waals surface area contributed by atoms with Gasteiger partial charge < -0.3 is 19.8 Å². The molecule has 0 aliphatic rings. The van der Waals surface area contributed by atoms with E-state index in [9.17, 15) is 14.7 Å². The van der Waals surface area contributed by atoms with Gasteiger partial charge >= 0.3 is 0 Å². The molecule has 2 rings (SSSR count). The van der Waals surface area contributed by atoms with Crippen LogP contribution in [0.5, 0.6) is 0 Å². The van der Waals surface area contributed by atoms with Gasteiger partial charge in [-0.25, -0.2) is 0 Å². The highest BCUT2D eigenvalue weighted by Crippen LogP contribution is 2.12. The highest BCUT2D eigenvalue weighted by atomic mass is 32.2. The van der Waals surface area contributed by atoms with Gasteiger partial charge in [-0.3, -0.25) is 4.79 Å².